The molecule has 4 heteroatoms. The smallest absolute Gasteiger partial charge is 0.233 e. The Hall–Kier alpha value is -1.16. The Balaban J connectivity index is 1.90. The molecule has 86 valence electrons. The highest BCUT2D eigenvalue weighted by Gasteiger charge is 2.61. The Bertz CT molecular complexity index is 378. The third-order valence-corrected chi connectivity index (χ3v) is 4.07. The van der Waals surface area contributed by atoms with Crippen LogP contribution in [0.2, 0.25) is 0 Å². The van der Waals surface area contributed by atoms with Crippen LogP contribution in [0.4, 0.5) is 0 Å². The van der Waals surface area contributed by atoms with Gasteiger partial charge in [-0.1, -0.05) is 13.0 Å². The number of rotatable bonds is 2. The fourth-order valence-electron chi connectivity index (χ4n) is 3.23. The summed E-state index contributed by atoms with van der Waals surface area (Å²) in [5.74, 6) is -0.190. The van der Waals surface area contributed by atoms with E-state index in [4.69, 9.17) is 4.74 Å². The predicted molar refractivity (Wildman–Crippen MR) is 56.3 cm³/mol. The van der Waals surface area contributed by atoms with Gasteiger partial charge in [0.15, 0.2) is 0 Å². The second-order valence-corrected chi connectivity index (χ2v) is 4.94. The largest absolute Gasteiger partial charge is 0.369 e. The van der Waals surface area contributed by atoms with Crippen molar-refractivity contribution in [2.75, 3.05) is 6.54 Å². The van der Waals surface area contributed by atoms with Gasteiger partial charge in [-0.25, -0.2) is 0 Å². The molecule has 1 aliphatic carbocycles. The van der Waals surface area contributed by atoms with Gasteiger partial charge in [-0.2, -0.15) is 0 Å². The van der Waals surface area contributed by atoms with Gasteiger partial charge in [0, 0.05) is 6.54 Å². The standard InChI is InChI=1S/C12H15NO3/c1-3-4-13-11(14)7-5-8-10(16-8)6(2)9(7)12(13)15/h3,6-10H,1,4-5H2,2H3. The number of hydrogen-bond acceptors (Lipinski definition) is 3. The highest BCUT2D eigenvalue weighted by molar-refractivity contribution is 6.05. The lowest BCUT2D eigenvalue weighted by Crippen LogP contribution is -2.34. The third-order valence-electron chi connectivity index (χ3n) is 4.07. The maximum Gasteiger partial charge on any atom is 0.233 e. The summed E-state index contributed by atoms with van der Waals surface area (Å²) in [6.45, 7) is 5.94. The Labute approximate surface area is 94.2 Å². The molecule has 3 aliphatic rings. The summed E-state index contributed by atoms with van der Waals surface area (Å²) in [5.41, 5.74) is 0. The molecule has 1 saturated carbocycles. The van der Waals surface area contributed by atoms with Gasteiger partial charge in [0.25, 0.3) is 0 Å². The first-order valence-electron chi connectivity index (χ1n) is 5.76. The molecule has 3 rings (SSSR count). The molecule has 5 unspecified atom stereocenters. The van der Waals surface area contributed by atoms with Gasteiger partial charge in [0.05, 0.1) is 24.0 Å². The van der Waals surface area contributed by atoms with Crippen molar-refractivity contribution in [1.82, 2.24) is 4.90 Å². The number of imide groups is 1. The Kier molecular flexibility index (Phi) is 1.98. The molecule has 2 saturated heterocycles. The van der Waals surface area contributed by atoms with Crippen LogP contribution in [0.5, 0.6) is 0 Å². The normalized spacial score (nSPS) is 45.3. The van der Waals surface area contributed by atoms with E-state index in [0.717, 1.165) is 6.42 Å². The van der Waals surface area contributed by atoms with Crippen LogP contribution in [0.15, 0.2) is 12.7 Å². The Morgan fingerprint density at radius 3 is 2.94 bits per heavy atom. The molecular formula is C12H15NO3. The monoisotopic (exact) mass is 221 g/mol. The van der Waals surface area contributed by atoms with E-state index in [1.165, 1.54) is 4.90 Å². The van der Waals surface area contributed by atoms with E-state index in [1.54, 1.807) is 6.08 Å². The molecule has 2 aliphatic heterocycles. The predicted octanol–water partition coefficient (Wildman–Crippen LogP) is 0.581. The molecule has 0 N–H and O–H groups in total. The second kappa shape index (κ2) is 3.17. The minimum absolute atomic E-state index is 0.0312. The van der Waals surface area contributed by atoms with E-state index < -0.39 is 0 Å². The van der Waals surface area contributed by atoms with Crippen molar-refractivity contribution >= 4 is 11.8 Å². The number of ether oxygens (including phenoxy) is 1. The van der Waals surface area contributed by atoms with E-state index in [1.807, 2.05) is 6.92 Å². The summed E-state index contributed by atoms with van der Waals surface area (Å²) < 4.78 is 5.48. The van der Waals surface area contributed by atoms with Gasteiger partial charge in [0.1, 0.15) is 0 Å². The zero-order valence-corrected chi connectivity index (χ0v) is 9.26. The highest BCUT2D eigenvalue weighted by atomic mass is 16.6. The second-order valence-electron chi connectivity index (χ2n) is 4.94. The van der Waals surface area contributed by atoms with Crippen LogP contribution in [0, 0.1) is 17.8 Å². The summed E-state index contributed by atoms with van der Waals surface area (Å²) in [4.78, 5) is 25.5. The molecular weight excluding hydrogens is 206 g/mol. The summed E-state index contributed by atoms with van der Waals surface area (Å²) in [6, 6.07) is 0. The van der Waals surface area contributed by atoms with Crippen molar-refractivity contribution in [3.8, 4) is 0 Å². The molecule has 4 nitrogen and oxygen atoms in total. The number of carbonyl (C=O) groups is 2. The minimum Gasteiger partial charge on any atom is -0.369 e. The fraction of sp³-hybridized carbons (Fsp3) is 0.667. The number of hydrogen-bond donors (Lipinski definition) is 0. The van der Waals surface area contributed by atoms with Gasteiger partial charge < -0.3 is 4.74 Å². The lowest BCUT2D eigenvalue weighted by Gasteiger charge is -2.23. The van der Waals surface area contributed by atoms with Crippen molar-refractivity contribution in [2.45, 2.75) is 25.6 Å². The summed E-state index contributed by atoms with van der Waals surface area (Å²) in [5, 5.41) is 0. The molecule has 0 bridgehead atoms. The lowest BCUT2D eigenvalue weighted by atomic mass is 9.74. The Morgan fingerprint density at radius 1 is 1.50 bits per heavy atom. The topological polar surface area (TPSA) is 49.9 Å². The van der Waals surface area contributed by atoms with Crippen LogP contribution < -0.4 is 0 Å². The molecule has 2 amide bonds. The maximum atomic E-state index is 12.1. The van der Waals surface area contributed by atoms with Gasteiger partial charge in [0.2, 0.25) is 11.8 Å². The van der Waals surface area contributed by atoms with Gasteiger partial charge in [-0.3, -0.25) is 14.5 Å². The molecule has 16 heavy (non-hydrogen) atoms. The van der Waals surface area contributed by atoms with Crippen LogP contribution in [-0.2, 0) is 14.3 Å². The number of amides is 2. The molecule has 0 radical (unpaired) electrons. The molecule has 0 aromatic rings. The number of nitrogens with zero attached hydrogens (tertiary/aromatic N) is 1. The van der Waals surface area contributed by atoms with E-state index >= 15 is 0 Å². The molecule has 0 aromatic heterocycles. The molecule has 3 fully saturated rings. The van der Waals surface area contributed by atoms with E-state index in [0.29, 0.717) is 6.54 Å². The SMILES string of the molecule is C=CCN1C(=O)C2CC3OC3C(C)C2C1=O. The van der Waals surface area contributed by atoms with Gasteiger partial charge >= 0.3 is 0 Å². The lowest BCUT2D eigenvalue weighted by molar-refractivity contribution is -0.139. The van der Waals surface area contributed by atoms with Gasteiger partial charge in [-0.15, -0.1) is 6.58 Å². The first kappa shape index (κ1) is 10.0. The van der Waals surface area contributed by atoms with Crippen LogP contribution in [0.1, 0.15) is 13.3 Å². The number of carbonyl (C=O) groups excluding carboxylic acids is 2. The molecule has 0 spiro atoms. The van der Waals surface area contributed by atoms with Crippen molar-refractivity contribution in [1.29, 1.82) is 0 Å². The fourth-order valence-corrected chi connectivity index (χ4v) is 3.23. The van der Waals surface area contributed by atoms with E-state index in [-0.39, 0.29) is 41.8 Å². The zero-order chi connectivity index (χ0) is 11.4. The molecule has 2 heterocycles. The zero-order valence-electron chi connectivity index (χ0n) is 9.26. The number of fused-ring (bicyclic) bond motifs is 2. The quantitative estimate of drug-likeness (QED) is 0.389. The minimum atomic E-state index is -0.156. The average molecular weight is 221 g/mol. The summed E-state index contributed by atoms with van der Waals surface area (Å²) in [7, 11) is 0. The highest BCUT2D eigenvalue weighted by Crippen LogP contribution is 2.50. The number of likely N-dealkylation sites (tertiary alicyclic amines) is 1. The molecule has 0 aromatic carbocycles. The third kappa shape index (κ3) is 1.13. The average Bonchev–Trinajstić information content (AvgIpc) is 2.99. The van der Waals surface area contributed by atoms with Crippen LogP contribution in [0.3, 0.4) is 0 Å². The Morgan fingerprint density at radius 2 is 2.25 bits per heavy atom. The van der Waals surface area contributed by atoms with Crippen LogP contribution >= 0.6 is 0 Å². The first-order valence-corrected chi connectivity index (χ1v) is 5.76. The van der Waals surface area contributed by atoms with Crippen molar-refractivity contribution in [2.24, 2.45) is 17.8 Å². The van der Waals surface area contributed by atoms with Crippen molar-refractivity contribution < 1.29 is 14.3 Å². The summed E-state index contributed by atoms with van der Waals surface area (Å²) >= 11 is 0. The van der Waals surface area contributed by atoms with Gasteiger partial charge in [-0.05, 0) is 12.3 Å². The maximum absolute atomic E-state index is 12.1. The number of epoxide rings is 1. The van der Waals surface area contributed by atoms with Crippen molar-refractivity contribution in [3.63, 3.8) is 0 Å². The van der Waals surface area contributed by atoms with Crippen LogP contribution in [0.25, 0.3) is 0 Å². The van der Waals surface area contributed by atoms with Crippen molar-refractivity contribution in [3.05, 3.63) is 12.7 Å². The van der Waals surface area contributed by atoms with E-state index in [2.05, 4.69) is 6.58 Å². The molecule has 5 atom stereocenters. The summed E-state index contributed by atoms with van der Waals surface area (Å²) in [6.07, 6.45) is 2.76. The van der Waals surface area contributed by atoms with E-state index in [9.17, 15) is 9.59 Å². The van der Waals surface area contributed by atoms with Crippen LogP contribution in [-0.4, -0.2) is 35.5 Å². The first-order chi connectivity index (χ1) is 7.65.